The Morgan fingerprint density at radius 1 is 1.00 bits per heavy atom. The number of rotatable bonds is 9. The molecule has 1 unspecified atom stereocenters. The summed E-state index contributed by atoms with van der Waals surface area (Å²) in [5.41, 5.74) is 0.101. The van der Waals surface area contributed by atoms with Gasteiger partial charge in [-0.05, 0) is 24.7 Å². The minimum Gasteiger partial charge on any atom is -0.469 e. The number of carbonyl (C=O) groups excluding carboxylic acids is 5. The highest BCUT2D eigenvalue weighted by atomic mass is 16.5. The smallest absolute Gasteiger partial charge is 0.312 e. The molecule has 1 saturated carbocycles. The maximum atomic E-state index is 13.6. The molecule has 1 saturated heterocycles. The molecule has 3 N–H and O–H groups in total. The van der Waals surface area contributed by atoms with Crippen LogP contribution in [0.4, 0.5) is 0 Å². The maximum Gasteiger partial charge on any atom is 0.312 e. The van der Waals surface area contributed by atoms with Crippen LogP contribution in [-0.4, -0.2) is 82.8 Å². The van der Waals surface area contributed by atoms with Crippen LogP contribution < -0.4 is 16.0 Å². The molecule has 0 bridgehead atoms. The molecule has 0 aromatic carbocycles. The Morgan fingerprint density at radius 3 is 2.29 bits per heavy atom. The topological polar surface area (TPSA) is 160 Å². The number of aromatic nitrogens is 2. The average Bonchev–Trinajstić information content (AvgIpc) is 3.34. The van der Waals surface area contributed by atoms with Crippen LogP contribution in [0.1, 0.15) is 63.4 Å². The lowest BCUT2D eigenvalue weighted by atomic mass is 9.83. The summed E-state index contributed by atoms with van der Waals surface area (Å²) in [5, 5.41) is 8.50. The number of hydrogen-bond acceptors (Lipinski definition) is 8. The van der Waals surface area contributed by atoms with Crippen LogP contribution in [0.5, 0.6) is 0 Å². The quantitative estimate of drug-likeness (QED) is 0.388. The summed E-state index contributed by atoms with van der Waals surface area (Å²) in [6.45, 7) is 5.30. The molecule has 2 heterocycles. The molecule has 2 aliphatic rings. The highest BCUT2D eigenvalue weighted by Gasteiger charge is 2.42. The first-order chi connectivity index (χ1) is 18.1. The largest absolute Gasteiger partial charge is 0.469 e. The van der Waals surface area contributed by atoms with Crippen LogP contribution in [0.15, 0.2) is 18.6 Å². The Labute approximate surface area is 222 Å². The molecule has 38 heavy (non-hydrogen) atoms. The van der Waals surface area contributed by atoms with Crippen LogP contribution in [0, 0.1) is 17.8 Å². The van der Waals surface area contributed by atoms with Crippen LogP contribution in [0.25, 0.3) is 0 Å². The predicted molar refractivity (Wildman–Crippen MR) is 136 cm³/mol. The first-order valence-corrected chi connectivity index (χ1v) is 13.1. The van der Waals surface area contributed by atoms with Gasteiger partial charge in [0, 0.05) is 32.4 Å². The molecule has 0 spiro atoms. The third-order valence-electron chi connectivity index (χ3n) is 7.33. The highest BCUT2D eigenvalue weighted by molar-refractivity contribution is 5.97. The van der Waals surface area contributed by atoms with E-state index >= 15 is 0 Å². The second-order valence-electron chi connectivity index (χ2n) is 10.3. The monoisotopic (exact) mass is 530 g/mol. The second-order valence-corrected chi connectivity index (χ2v) is 10.3. The minimum absolute atomic E-state index is 0.0806. The van der Waals surface area contributed by atoms with Crippen molar-refractivity contribution < 1.29 is 28.7 Å². The van der Waals surface area contributed by atoms with Crippen molar-refractivity contribution in [1.82, 2.24) is 30.8 Å². The van der Waals surface area contributed by atoms with E-state index < -0.39 is 47.7 Å². The molecular weight excluding hydrogens is 492 g/mol. The van der Waals surface area contributed by atoms with E-state index in [4.69, 9.17) is 4.74 Å². The van der Waals surface area contributed by atoms with E-state index in [1.165, 1.54) is 37.5 Å². The van der Waals surface area contributed by atoms with Crippen molar-refractivity contribution in [2.75, 3.05) is 20.2 Å². The van der Waals surface area contributed by atoms with Crippen molar-refractivity contribution in [3.63, 3.8) is 0 Å². The van der Waals surface area contributed by atoms with Gasteiger partial charge in [-0.15, -0.1) is 0 Å². The number of nitrogens with zero attached hydrogens (tertiary/aromatic N) is 3. The van der Waals surface area contributed by atoms with Crippen molar-refractivity contribution in [2.45, 2.75) is 71.0 Å². The Bertz CT molecular complexity index is 1010. The third-order valence-corrected chi connectivity index (χ3v) is 7.33. The van der Waals surface area contributed by atoms with Gasteiger partial charge in [0.1, 0.15) is 17.8 Å². The molecule has 12 nitrogen and oxygen atoms in total. The lowest BCUT2D eigenvalue weighted by Gasteiger charge is -2.32. The SMILES string of the molecule is COC(=O)[C@@H]1CN(C(C)=O)C[C@@H]1NC(=O)C(NC(=O)[C@@H](NC(=O)c1cnccn1)C1CCCCC1)C(C)C. The average molecular weight is 531 g/mol. The summed E-state index contributed by atoms with van der Waals surface area (Å²) >= 11 is 0. The van der Waals surface area contributed by atoms with Gasteiger partial charge < -0.3 is 25.6 Å². The third kappa shape index (κ3) is 7.26. The van der Waals surface area contributed by atoms with E-state index in [2.05, 4.69) is 25.9 Å². The van der Waals surface area contributed by atoms with E-state index in [0.717, 1.165) is 32.1 Å². The lowest BCUT2D eigenvalue weighted by Crippen LogP contribution is -2.59. The molecule has 1 aromatic rings. The molecule has 208 valence electrons. The van der Waals surface area contributed by atoms with Crippen molar-refractivity contribution in [2.24, 2.45) is 17.8 Å². The molecule has 12 heteroatoms. The first-order valence-electron chi connectivity index (χ1n) is 13.1. The van der Waals surface area contributed by atoms with Gasteiger partial charge in [0.25, 0.3) is 5.91 Å². The fourth-order valence-electron chi connectivity index (χ4n) is 5.14. The Morgan fingerprint density at radius 2 is 1.71 bits per heavy atom. The lowest BCUT2D eigenvalue weighted by molar-refractivity contribution is -0.146. The van der Waals surface area contributed by atoms with E-state index in [9.17, 15) is 24.0 Å². The van der Waals surface area contributed by atoms with E-state index in [0.29, 0.717) is 0 Å². The highest BCUT2D eigenvalue weighted by Crippen LogP contribution is 2.27. The van der Waals surface area contributed by atoms with Crippen LogP contribution >= 0.6 is 0 Å². The number of ether oxygens (including phenoxy) is 1. The second kappa shape index (κ2) is 13.3. The molecule has 0 radical (unpaired) electrons. The Kier molecular flexibility index (Phi) is 10.1. The van der Waals surface area contributed by atoms with Gasteiger partial charge in [-0.2, -0.15) is 0 Å². The van der Waals surface area contributed by atoms with Crippen LogP contribution in [-0.2, 0) is 23.9 Å². The fraction of sp³-hybridized carbons (Fsp3) is 0.654. The maximum absolute atomic E-state index is 13.6. The predicted octanol–water partition coefficient (Wildman–Crippen LogP) is 0.432. The van der Waals surface area contributed by atoms with Gasteiger partial charge >= 0.3 is 5.97 Å². The van der Waals surface area contributed by atoms with Gasteiger partial charge in [0.05, 0.1) is 25.3 Å². The summed E-state index contributed by atoms with van der Waals surface area (Å²) in [7, 11) is 1.26. The molecule has 3 rings (SSSR count). The zero-order chi connectivity index (χ0) is 27.8. The van der Waals surface area contributed by atoms with Gasteiger partial charge in [0.15, 0.2) is 0 Å². The summed E-state index contributed by atoms with van der Waals surface area (Å²) in [4.78, 5) is 73.4. The van der Waals surface area contributed by atoms with Crippen LogP contribution in [0.2, 0.25) is 0 Å². The van der Waals surface area contributed by atoms with E-state index in [1.807, 2.05) is 0 Å². The van der Waals surface area contributed by atoms with Crippen LogP contribution in [0.3, 0.4) is 0 Å². The number of nitrogens with one attached hydrogen (secondary N) is 3. The van der Waals surface area contributed by atoms with Crippen molar-refractivity contribution in [1.29, 1.82) is 0 Å². The van der Waals surface area contributed by atoms with Gasteiger partial charge in [-0.1, -0.05) is 33.1 Å². The molecule has 1 aliphatic heterocycles. The standard InChI is InChI=1S/C26H38N6O6/c1-15(2)21(24(35)29-20-14-32(16(3)33)13-18(20)26(37)38-4)30-25(36)22(17-8-6-5-7-9-17)31-23(34)19-12-27-10-11-28-19/h10-12,15,17-18,20-22H,5-9,13-14H2,1-4H3,(H,29,35)(H,30,36)(H,31,34)/t18-,20+,21?,22+/m1/s1. The number of carbonyl (C=O) groups is 5. The molecule has 4 amide bonds. The first kappa shape index (κ1) is 29.0. The summed E-state index contributed by atoms with van der Waals surface area (Å²) in [6.07, 6.45) is 8.72. The van der Waals surface area contributed by atoms with E-state index in [1.54, 1.807) is 13.8 Å². The summed E-state index contributed by atoms with van der Waals surface area (Å²) in [6, 6.07) is -2.42. The van der Waals surface area contributed by atoms with Crippen molar-refractivity contribution >= 4 is 29.6 Å². The number of methoxy groups -OCH3 is 1. The fourth-order valence-corrected chi connectivity index (χ4v) is 5.14. The number of amides is 4. The van der Waals surface area contributed by atoms with Gasteiger partial charge in [-0.3, -0.25) is 29.0 Å². The van der Waals surface area contributed by atoms with E-state index in [-0.39, 0.29) is 36.5 Å². The molecule has 4 atom stereocenters. The van der Waals surface area contributed by atoms with Gasteiger partial charge in [-0.25, -0.2) is 4.98 Å². The number of likely N-dealkylation sites (tertiary alicyclic amines) is 1. The van der Waals surface area contributed by atoms with Crippen molar-refractivity contribution in [3.8, 4) is 0 Å². The minimum atomic E-state index is -0.924. The summed E-state index contributed by atoms with van der Waals surface area (Å²) in [5.74, 6) is -3.24. The number of hydrogen-bond donors (Lipinski definition) is 3. The molecular formula is C26H38N6O6. The number of esters is 1. The molecule has 2 fully saturated rings. The molecule has 1 aliphatic carbocycles. The molecule has 1 aromatic heterocycles. The Hall–Kier alpha value is -3.57. The Balaban J connectivity index is 1.75. The summed E-state index contributed by atoms with van der Waals surface area (Å²) < 4.78 is 4.87. The zero-order valence-corrected chi connectivity index (χ0v) is 22.4. The zero-order valence-electron chi connectivity index (χ0n) is 22.4. The van der Waals surface area contributed by atoms with Gasteiger partial charge in [0.2, 0.25) is 17.7 Å². The normalized spacial score (nSPS) is 21.3. The van der Waals surface area contributed by atoms with Crippen molar-refractivity contribution in [3.05, 3.63) is 24.3 Å².